The minimum Gasteiger partial charge on any atom is -0.370 e. The van der Waals surface area contributed by atoms with Crippen molar-refractivity contribution in [1.82, 2.24) is 9.97 Å². The van der Waals surface area contributed by atoms with Crippen LogP contribution in [0.25, 0.3) is 11.3 Å². The summed E-state index contributed by atoms with van der Waals surface area (Å²) in [5, 5.41) is 3.17. The first-order chi connectivity index (χ1) is 9.90. The Morgan fingerprint density at radius 3 is 2.38 bits per heavy atom. The van der Waals surface area contributed by atoms with Crippen LogP contribution in [0, 0.1) is 6.92 Å². The van der Waals surface area contributed by atoms with Crippen molar-refractivity contribution in [3.8, 4) is 11.3 Å². The molecular weight excluding hydrogens is 286 g/mol. The van der Waals surface area contributed by atoms with Crippen molar-refractivity contribution in [3.05, 3.63) is 41.7 Å². The van der Waals surface area contributed by atoms with Gasteiger partial charge in [-0.1, -0.05) is 30.3 Å². The predicted octanol–water partition coefficient (Wildman–Crippen LogP) is 2.43. The molecule has 0 spiro atoms. The second-order valence-corrected chi connectivity index (χ2v) is 7.07. The number of anilines is 1. The lowest BCUT2D eigenvalue weighted by Gasteiger charge is -2.13. The van der Waals surface area contributed by atoms with Crippen molar-refractivity contribution in [2.75, 3.05) is 18.1 Å². The lowest BCUT2D eigenvalue weighted by molar-refractivity contribution is 0.599. The van der Waals surface area contributed by atoms with Crippen LogP contribution >= 0.6 is 0 Å². The first-order valence-corrected chi connectivity index (χ1v) is 8.81. The molecule has 5 nitrogen and oxygen atoms in total. The number of hydrogen-bond donors (Lipinski definition) is 1. The fraction of sp³-hybridized carbons (Fsp3) is 0.333. The lowest BCUT2D eigenvalue weighted by Crippen LogP contribution is -2.11. The molecule has 2 rings (SSSR count). The smallest absolute Gasteiger partial charge is 0.154 e. The SMILES string of the molecule is CCNc1nc(CS(C)(=O)=O)nc(-c2ccccc2)c1C. The molecule has 1 aromatic carbocycles. The zero-order chi connectivity index (χ0) is 15.5. The number of aromatic nitrogens is 2. The van der Waals surface area contributed by atoms with Gasteiger partial charge < -0.3 is 5.32 Å². The second-order valence-electron chi connectivity index (χ2n) is 4.93. The van der Waals surface area contributed by atoms with E-state index < -0.39 is 9.84 Å². The summed E-state index contributed by atoms with van der Waals surface area (Å²) < 4.78 is 23.0. The number of nitrogens with zero attached hydrogens (tertiary/aromatic N) is 2. The van der Waals surface area contributed by atoms with Crippen LogP contribution in [0.2, 0.25) is 0 Å². The van der Waals surface area contributed by atoms with Gasteiger partial charge in [-0.15, -0.1) is 0 Å². The topological polar surface area (TPSA) is 72.0 Å². The molecule has 21 heavy (non-hydrogen) atoms. The Balaban J connectivity index is 2.57. The highest BCUT2D eigenvalue weighted by atomic mass is 32.2. The Labute approximate surface area is 125 Å². The molecule has 6 heteroatoms. The number of sulfone groups is 1. The molecule has 1 aromatic heterocycles. The van der Waals surface area contributed by atoms with Gasteiger partial charge in [-0.2, -0.15) is 0 Å². The molecule has 112 valence electrons. The standard InChI is InChI=1S/C15H19N3O2S/c1-4-16-15-11(2)14(12-8-6-5-7-9-12)17-13(18-15)10-21(3,19)20/h5-9H,4,10H2,1-3H3,(H,16,17,18). The van der Waals surface area contributed by atoms with Crippen LogP contribution < -0.4 is 5.32 Å². The summed E-state index contributed by atoms with van der Waals surface area (Å²) in [5.41, 5.74) is 2.63. The highest BCUT2D eigenvalue weighted by Gasteiger charge is 2.15. The summed E-state index contributed by atoms with van der Waals surface area (Å²) >= 11 is 0. The Morgan fingerprint density at radius 1 is 1.14 bits per heavy atom. The van der Waals surface area contributed by atoms with Crippen LogP contribution in [-0.2, 0) is 15.6 Å². The Bertz CT molecular complexity index is 728. The van der Waals surface area contributed by atoms with Crippen LogP contribution in [0.1, 0.15) is 18.3 Å². The van der Waals surface area contributed by atoms with E-state index in [1.165, 1.54) is 6.26 Å². The third-order valence-electron chi connectivity index (χ3n) is 2.97. The molecule has 0 aliphatic rings. The van der Waals surface area contributed by atoms with E-state index in [-0.39, 0.29) is 5.75 Å². The summed E-state index contributed by atoms with van der Waals surface area (Å²) in [5.74, 6) is 0.841. The zero-order valence-corrected chi connectivity index (χ0v) is 13.2. The van der Waals surface area contributed by atoms with Crippen molar-refractivity contribution in [2.24, 2.45) is 0 Å². The molecule has 0 bridgehead atoms. The van der Waals surface area contributed by atoms with E-state index in [0.29, 0.717) is 18.2 Å². The minimum absolute atomic E-state index is 0.161. The van der Waals surface area contributed by atoms with Gasteiger partial charge in [0.15, 0.2) is 9.84 Å². The van der Waals surface area contributed by atoms with Gasteiger partial charge >= 0.3 is 0 Å². The quantitative estimate of drug-likeness (QED) is 0.918. The summed E-state index contributed by atoms with van der Waals surface area (Å²) in [6.45, 7) is 4.62. The van der Waals surface area contributed by atoms with Crippen molar-refractivity contribution in [2.45, 2.75) is 19.6 Å². The van der Waals surface area contributed by atoms with Crippen LogP contribution in [-0.4, -0.2) is 31.2 Å². The number of nitrogens with one attached hydrogen (secondary N) is 1. The first-order valence-electron chi connectivity index (χ1n) is 6.75. The zero-order valence-electron chi connectivity index (χ0n) is 12.4. The maximum atomic E-state index is 11.5. The molecule has 0 saturated heterocycles. The van der Waals surface area contributed by atoms with Gasteiger partial charge in [0.2, 0.25) is 0 Å². The first kappa shape index (κ1) is 15.4. The van der Waals surface area contributed by atoms with Crippen LogP contribution in [0.5, 0.6) is 0 Å². The average molecular weight is 305 g/mol. The van der Waals surface area contributed by atoms with E-state index in [9.17, 15) is 8.42 Å². The molecule has 0 atom stereocenters. The normalized spacial score (nSPS) is 11.4. The molecule has 1 N–H and O–H groups in total. The lowest BCUT2D eigenvalue weighted by atomic mass is 10.1. The maximum Gasteiger partial charge on any atom is 0.154 e. The highest BCUT2D eigenvalue weighted by molar-refractivity contribution is 7.89. The molecule has 0 fully saturated rings. The Morgan fingerprint density at radius 2 is 1.81 bits per heavy atom. The maximum absolute atomic E-state index is 11.5. The van der Waals surface area contributed by atoms with E-state index in [0.717, 1.165) is 16.8 Å². The average Bonchev–Trinajstić information content (AvgIpc) is 2.42. The van der Waals surface area contributed by atoms with Gasteiger partial charge in [0.25, 0.3) is 0 Å². The van der Waals surface area contributed by atoms with Crippen LogP contribution in [0.3, 0.4) is 0 Å². The molecule has 0 unspecified atom stereocenters. The van der Waals surface area contributed by atoms with Gasteiger partial charge in [-0.05, 0) is 13.8 Å². The summed E-state index contributed by atoms with van der Waals surface area (Å²) in [6.07, 6.45) is 1.19. The molecule has 0 amide bonds. The van der Waals surface area contributed by atoms with E-state index in [1.54, 1.807) is 0 Å². The summed E-state index contributed by atoms with van der Waals surface area (Å²) in [7, 11) is -3.17. The van der Waals surface area contributed by atoms with Gasteiger partial charge in [0.05, 0.1) is 5.69 Å². The van der Waals surface area contributed by atoms with Gasteiger partial charge in [0, 0.05) is 23.9 Å². The summed E-state index contributed by atoms with van der Waals surface area (Å²) in [6, 6.07) is 9.70. The molecule has 0 saturated carbocycles. The fourth-order valence-electron chi connectivity index (χ4n) is 2.08. The molecule has 2 aromatic rings. The van der Waals surface area contributed by atoms with Crippen molar-refractivity contribution in [3.63, 3.8) is 0 Å². The number of hydrogen-bond acceptors (Lipinski definition) is 5. The molecule has 0 aliphatic carbocycles. The van der Waals surface area contributed by atoms with E-state index in [2.05, 4.69) is 15.3 Å². The summed E-state index contributed by atoms with van der Waals surface area (Å²) in [4.78, 5) is 8.77. The van der Waals surface area contributed by atoms with Gasteiger partial charge in [0.1, 0.15) is 17.4 Å². The third kappa shape index (κ3) is 4.01. The van der Waals surface area contributed by atoms with Crippen LogP contribution in [0.15, 0.2) is 30.3 Å². The van der Waals surface area contributed by atoms with Crippen LogP contribution in [0.4, 0.5) is 5.82 Å². The number of rotatable bonds is 5. The largest absolute Gasteiger partial charge is 0.370 e. The molecule has 1 heterocycles. The fourth-order valence-corrected chi connectivity index (χ4v) is 2.68. The minimum atomic E-state index is -3.17. The highest BCUT2D eigenvalue weighted by Crippen LogP contribution is 2.26. The third-order valence-corrected chi connectivity index (χ3v) is 3.76. The monoisotopic (exact) mass is 305 g/mol. The van der Waals surface area contributed by atoms with Crippen molar-refractivity contribution in [1.29, 1.82) is 0 Å². The van der Waals surface area contributed by atoms with Crippen molar-refractivity contribution >= 4 is 15.7 Å². The van der Waals surface area contributed by atoms with Gasteiger partial charge in [-0.25, -0.2) is 18.4 Å². The molecule has 0 radical (unpaired) electrons. The van der Waals surface area contributed by atoms with E-state index >= 15 is 0 Å². The molecule has 0 aliphatic heterocycles. The molecular formula is C15H19N3O2S. The van der Waals surface area contributed by atoms with Crippen molar-refractivity contribution < 1.29 is 8.42 Å². The number of benzene rings is 1. The predicted molar refractivity (Wildman–Crippen MR) is 84.9 cm³/mol. The second kappa shape index (κ2) is 6.22. The van der Waals surface area contributed by atoms with E-state index in [4.69, 9.17) is 0 Å². The van der Waals surface area contributed by atoms with Gasteiger partial charge in [-0.3, -0.25) is 0 Å². The Hall–Kier alpha value is -1.95. The Kier molecular flexibility index (Phi) is 4.57. The van der Waals surface area contributed by atoms with E-state index in [1.807, 2.05) is 44.2 Å².